The molecule has 0 aromatic carbocycles. The molecule has 0 radical (unpaired) electrons. The quantitative estimate of drug-likeness (QED) is 0.737. The molecule has 0 saturated carbocycles. The molecule has 3 heterocycles. The van der Waals surface area contributed by atoms with Crippen molar-refractivity contribution in [2.24, 2.45) is 7.05 Å². The molecule has 19 heavy (non-hydrogen) atoms. The molecule has 6 nitrogen and oxygen atoms in total. The average molecular weight is 256 g/mol. The van der Waals surface area contributed by atoms with E-state index in [2.05, 4.69) is 25.8 Å². The third-order valence-corrected chi connectivity index (χ3v) is 3.59. The smallest absolute Gasteiger partial charge is 0.156 e. The van der Waals surface area contributed by atoms with Crippen molar-refractivity contribution in [2.45, 2.75) is 0 Å². The van der Waals surface area contributed by atoms with Crippen molar-refractivity contribution in [1.29, 1.82) is 5.26 Å². The molecule has 2 aromatic heterocycles. The molecule has 0 spiro atoms. The minimum atomic E-state index is 0.509. The second kappa shape index (κ2) is 4.86. The monoisotopic (exact) mass is 256 g/mol. The number of hydrogen-bond donors (Lipinski definition) is 0. The van der Waals surface area contributed by atoms with Crippen LogP contribution in [0.1, 0.15) is 0 Å². The van der Waals surface area contributed by atoms with Gasteiger partial charge in [-0.1, -0.05) is 0 Å². The molecule has 98 valence electrons. The summed E-state index contributed by atoms with van der Waals surface area (Å²) in [7, 11) is 1.99. The molecule has 6 heteroatoms. The van der Waals surface area contributed by atoms with Crippen LogP contribution in [0.15, 0.2) is 18.6 Å². The van der Waals surface area contributed by atoms with Gasteiger partial charge in [0.25, 0.3) is 0 Å². The van der Waals surface area contributed by atoms with Crippen LogP contribution in [0.3, 0.4) is 0 Å². The average Bonchev–Trinajstić information content (AvgIpc) is 2.82. The first-order valence-electron chi connectivity index (χ1n) is 6.40. The topological polar surface area (TPSA) is 61.0 Å². The fourth-order valence-electron chi connectivity index (χ4n) is 2.50. The highest BCUT2D eigenvalue weighted by Crippen LogP contribution is 2.23. The van der Waals surface area contributed by atoms with Gasteiger partial charge < -0.3 is 9.47 Å². The van der Waals surface area contributed by atoms with E-state index in [1.54, 1.807) is 0 Å². The molecule has 2 aromatic rings. The highest BCUT2D eigenvalue weighted by molar-refractivity contribution is 5.86. The summed E-state index contributed by atoms with van der Waals surface area (Å²) in [5.74, 6) is 0.953. The lowest BCUT2D eigenvalue weighted by Gasteiger charge is -2.34. The van der Waals surface area contributed by atoms with Crippen molar-refractivity contribution in [1.82, 2.24) is 19.4 Å². The molecule has 1 aliphatic heterocycles. The van der Waals surface area contributed by atoms with Crippen molar-refractivity contribution >= 4 is 16.9 Å². The van der Waals surface area contributed by atoms with E-state index in [1.807, 2.05) is 30.2 Å². The number of fused-ring (bicyclic) bond motifs is 1. The van der Waals surface area contributed by atoms with Gasteiger partial charge >= 0.3 is 0 Å². The Labute approximate surface area is 111 Å². The van der Waals surface area contributed by atoms with Crippen molar-refractivity contribution in [3.05, 3.63) is 18.6 Å². The number of piperazine rings is 1. The Bertz CT molecular complexity index is 618. The first-order chi connectivity index (χ1) is 9.29. The molecular weight excluding hydrogens is 240 g/mol. The number of imidazole rings is 1. The van der Waals surface area contributed by atoms with Gasteiger partial charge in [-0.2, -0.15) is 5.26 Å². The summed E-state index contributed by atoms with van der Waals surface area (Å²) in [6.07, 6.45) is 3.66. The molecule has 0 bridgehead atoms. The molecule has 1 fully saturated rings. The normalized spacial score (nSPS) is 16.7. The van der Waals surface area contributed by atoms with Crippen LogP contribution in [0.5, 0.6) is 0 Å². The van der Waals surface area contributed by atoms with Crippen LogP contribution in [0, 0.1) is 11.3 Å². The van der Waals surface area contributed by atoms with Gasteiger partial charge in [-0.25, -0.2) is 9.97 Å². The summed E-state index contributed by atoms with van der Waals surface area (Å²) in [5, 5.41) is 8.72. The maximum Gasteiger partial charge on any atom is 0.156 e. The van der Waals surface area contributed by atoms with Gasteiger partial charge in [0.1, 0.15) is 5.52 Å². The summed E-state index contributed by atoms with van der Waals surface area (Å²) in [6.45, 7) is 4.10. The van der Waals surface area contributed by atoms with Crippen molar-refractivity contribution < 1.29 is 0 Å². The summed E-state index contributed by atoms with van der Waals surface area (Å²) >= 11 is 0. The Balaban J connectivity index is 1.84. The first-order valence-corrected chi connectivity index (χ1v) is 6.40. The maximum absolute atomic E-state index is 8.72. The molecule has 0 amide bonds. The number of nitriles is 1. The molecule has 3 rings (SSSR count). The third kappa shape index (κ3) is 2.13. The number of nitrogens with zero attached hydrogens (tertiary/aromatic N) is 6. The van der Waals surface area contributed by atoms with Crippen LogP contribution in [0.2, 0.25) is 0 Å². The molecule has 0 N–H and O–H groups in total. The Hall–Kier alpha value is -2.13. The van der Waals surface area contributed by atoms with E-state index in [0.29, 0.717) is 6.54 Å². The van der Waals surface area contributed by atoms with Gasteiger partial charge in [0.2, 0.25) is 0 Å². The van der Waals surface area contributed by atoms with E-state index in [9.17, 15) is 0 Å². The Morgan fingerprint density at radius 1 is 1.26 bits per heavy atom. The van der Waals surface area contributed by atoms with Crippen LogP contribution in [-0.2, 0) is 7.05 Å². The van der Waals surface area contributed by atoms with E-state index < -0.39 is 0 Å². The van der Waals surface area contributed by atoms with Crippen LogP contribution in [-0.4, -0.2) is 52.2 Å². The summed E-state index contributed by atoms with van der Waals surface area (Å²) in [4.78, 5) is 13.3. The predicted octanol–water partition coefficient (Wildman–Crippen LogP) is 0.614. The zero-order valence-electron chi connectivity index (χ0n) is 11.0. The van der Waals surface area contributed by atoms with Crippen LogP contribution < -0.4 is 4.90 Å². The molecule has 1 saturated heterocycles. The van der Waals surface area contributed by atoms with E-state index in [1.165, 1.54) is 0 Å². The van der Waals surface area contributed by atoms with E-state index in [4.69, 9.17) is 5.26 Å². The zero-order valence-corrected chi connectivity index (χ0v) is 11.0. The number of pyridine rings is 1. The number of anilines is 1. The summed E-state index contributed by atoms with van der Waals surface area (Å²) in [5.41, 5.74) is 2.06. The Morgan fingerprint density at radius 3 is 2.79 bits per heavy atom. The number of aromatic nitrogens is 3. The fraction of sp³-hybridized carbons (Fsp3) is 0.462. The predicted molar refractivity (Wildman–Crippen MR) is 72.8 cm³/mol. The summed E-state index contributed by atoms with van der Waals surface area (Å²) < 4.78 is 2.01. The molecular formula is C13H16N6. The molecule has 1 aliphatic rings. The minimum Gasteiger partial charge on any atom is -0.352 e. The van der Waals surface area contributed by atoms with Crippen molar-refractivity contribution in [3.63, 3.8) is 0 Å². The minimum absolute atomic E-state index is 0.509. The highest BCUT2D eigenvalue weighted by atomic mass is 15.3. The van der Waals surface area contributed by atoms with E-state index in [-0.39, 0.29) is 0 Å². The molecule has 0 unspecified atom stereocenters. The number of rotatable bonds is 2. The van der Waals surface area contributed by atoms with E-state index >= 15 is 0 Å². The molecule has 0 atom stereocenters. The van der Waals surface area contributed by atoms with Crippen molar-refractivity contribution in [3.8, 4) is 6.07 Å². The summed E-state index contributed by atoms with van der Waals surface area (Å²) in [6, 6.07) is 4.18. The van der Waals surface area contributed by atoms with Crippen LogP contribution >= 0.6 is 0 Å². The van der Waals surface area contributed by atoms with Gasteiger partial charge in [-0.05, 0) is 6.07 Å². The maximum atomic E-state index is 8.72. The fourth-order valence-corrected chi connectivity index (χ4v) is 2.50. The Kier molecular flexibility index (Phi) is 3.05. The third-order valence-electron chi connectivity index (χ3n) is 3.59. The highest BCUT2D eigenvalue weighted by Gasteiger charge is 2.20. The lowest BCUT2D eigenvalue weighted by Crippen LogP contribution is -2.46. The van der Waals surface area contributed by atoms with Gasteiger partial charge in [0, 0.05) is 39.4 Å². The van der Waals surface area contributed by atoms with Gasteiger partial charge in [-0.15, -0.1) is 0 Å². The van der Waals surface area contributed by atoms with Gasteiger partial charge in [0.05, 0.1) is 24.5 Å². The SMILES string of the molecule is Cn1cnc2c(N3CCN(CC#N)CC3)nccc21. The van der Waals surface area contributed by atoms with Crippen LogP contribution in [0.4, 0.5) is 5.82 Å². The van der Waals surface area contributed by atoms with Gasteiger partial charge in [-0.3, -0.25) is 4.90 Å². The molecule has 0 aliphatic carbocycles. The number of aryl methyl sites for hydroxylation is 1. The van der Waals surface area contributed by atoms with E-state index in [0.717, 1.165) is 43.0 Å². The van der Waals surface area contributed by atoms with Crippen LogP contribution in [0.25, 0.3) is 11.0 Å². The van der Waals surface area contributed by atoms with Crippen molar-refractivity contribution in [2.75, 3.05) is 37.6 Å². The lowest BCUT2D eigenvalue weighted by atomic mass is 10.3. The standard InChI is InChI=1S/C13H16N6/c1-17-10-16-12-11(17)2-4-15-13(12)19-8-6-18(5-3-14)7-9-19/h2,4,10H,5-9H2,1H3. The second-order valence-corrected chi connectivity index (χ2v) is 4.78. The largest absolute Gasteiger partial charge is 0.352 e. The number of hydrogen-bond acceptors (Lipinski definition) is 5. The zero-order chi connectivity index (χ0) is 13.2. The van der Waals surface area contributed by atoms with Gasteiger partial charge in [0.15, 0.2) is 5.82 Å². The second-order valence-electron chi connectivity index (χ2n) is 4.78. The first kappa shape index (κ1) is 11.9. The Morgan fingerprint density at radius 2 is 2.05 bits per heavy atom. The lowest BCUT2D eigenvalue weighted by molar-refractivity contribution is 0.286.